The van der Waals surface area contributed by atoms with Gasteiger partial charge in [-0.25, -0.2) is 0 Å². The Hall–Kier alpha value is -1.06. The maximum absolute atomic E-state index is 11.0. The molecule has 0 radical (unpaired) electrons. The van der Waals surface area contributed by atoms with Gasteiger partial charge in [-0.3, -0.25) is 14.4 Å². The largest absolute Gasteiger partial charge is 2.00 e. The molecule has 8 heteroatoms. The summed E-state index contributed by atoms with van der Waals surface area (Å²) in [5.41, 5.74) is -1.52. The number of hydrogen-bond acceptors (Lipinski definition) is 4. The molecule has 0 aromatic rings. The number of ketones is 1. The minimum absolute atomic E-state index is 0. The molecule has 1 atom stereocenters. The molecule has 0 aliphatic carbocycles. The smallest absolute Gasteiger partial charge is 1.00 e. The van der Waals surface area contributed by atoms with E-state index in [1.54, 1.807) is 14.1 Å². The summed E-state index contributed by atoms with van der Waals surface area (Å²) in [5.74, 6) is 1.12. The maximum atomic E-state index is 11.0. The average molecular weight is 382 g/mol. The van der Waals surface area contributed by atoms with Crippen LogP contribution in [0.15, 0.2) is 0 Å². The van der Waals surface area contributed by atoms with Crippen LogP contribution in [-0.2, 0) is 14.4 Å². The Kier molecular flexibility index (Phi) is 13.5. The predicted octanol–water partition coefficient (Wildman–Crippen LogP) is -4.54. The molecule has 0 aromatic heterocycles. The first-order valence-corrected chi connectivity index (χ1v) is 5.84. The number of rotatable bonds is 0. The Morgan fingerprint density at radius 3 is 1.82 bits per heavy atom. The van der Waals surface area contributed by atoms with Crippen molar-refractivity contribution in [2.45, 2.75) is 18.4 Å². The number of likely N-dealkylation sites (tertiary alicyclic amines) is 2. The van der Waals surface area contributed by atoms with Crippen LogP contribution in [0.3, 0.4) is 0 Å². The minimum Gasteiger partial charge on any atom is -1.00 e. The number of halogens is 1. The van der Waals surface area contributed by atoms with Gasteiger partial charge in [-0.1, -0.05) is 5.92 Å². The van der Waals surface area contributed by atoms with Crippen LogP contribution in [0.2, 0.25) is 0 Å². The van der Waals surface area contributed by atoms with Gasteiger partial charge < -0.3 is 44.7 Å². The van der Waals surface area contributed by atoms with Gasteiger partial charge >= 0.3 is 23.1 Å². The molecule has 1 N–H and O–H groups in total. The van der Waals surface area contributed by atoms with Crippen LogP contribution < -0.4 is 17.0 Å². The molecule has 0 saturated carbocycles. The third-order valence-corrected chi connectivity index (χ3v) is 3.01. The summed E-state index contributed by atoms with van der Waals surface area (Å²) in [7, 11) is 3.25. The van der Waals surface area contributed by atoms with Gasteiger partial charge in [0.15, 0.2) is 0 Å². The van der Waals surface area contributed by atoms with Crippen molar-refractivity contribution in [1.82, 2.24) is 9.80 Å². The van der Waals surface area contributed by atoms with E-state index >= 15 is 0 Å². The molecule has 2 aliphatic heterocycles. The van der Waals surface area contributed by atoms with Gasteiger partial charge in [0, 0.05) is 40.0 Å². The number of carbonyl (C=O) groups is 3. The number of terminal acetylenes is 2. The van der Waals surface area contributed by atoms with Gasteiger partial charge in [-0.2, -0.15) is 0 Å². The van der Waals surface area contributed by atoms with Gasteiger partial charge in [0.05, 0.1) is 0 Å². The minimum atomic E-state index is -1.52. The van der Waals surface area contributed by atoms with E-state index in [-0.39, 0.29) is 57.6 Å². The summed E-state index contributed by atoms with van der Waals surface area (Å²) >= 11 is 0. The van der Waals surface area contributed by atoms with E-state index in [0.717, 1.165) is 0 Å². The molecule has 0 spiro atoms. The van der Waals surface area contributed by atoms with Crippen LogP contribution in [0.1, 0.15) is 12.8 Å². The molecular weight excluding hydrogens is 364 g/mol. The van der Waals surface area contributed by atoms with E-state index in [4.69, 9.17) is 12.8 Å². The van der Waals surface area contributed by atoms with Crippen molar-refractivity contribution >= 4 is 40.7 Å². The number of nitrogens with zero attached hydrogens (tertiary/aromatic N) is 2. The Morgan fingerprint density at radius 2 is 1.68 bits per heavy atom. The van der Waals surface area contributed by atoms with Crippen molar-refractivity contribution in [2.24, 2.45) is 0 Å². The molecule has 0 aromatic carbocycles. The van der Waals surface area contributed by atoms with Crippen LogP contribution in [0.5, 0.6) is 0 Å². The van der Waals surface area contributed by atoms with Crippen LogP contribution in [0, 0.1) is 25.2 Å². The fraction of sp³-hybridized carbons (Fsp3) is 0.500. The SMILES string of the molecule is C#CC1(O)CCN(C)C1=O.CN1CCC(=O)C1=O.[Br-].[C-]#C.[Mg+2]. The quantitative estimate of drug-likeness (QED) is 0.198. The molecular formula is C14H17BrMgN2O4. The van der Waals surface area contributed by atoms with Crippen LogP contribution in [-0.4, -0.2) is 88.3 Å². The van der Waals surface area contributed by atoms with Crippen LogP contribution in [0.4, 0.5) is 0 Å². The van der Waals surface area contributed by atoms with E-state index in [0.29, 0.717) is 25.9 Å². The Bertz CT molecular complexity index is 475. The van der Waals surface area contributed by atoms with Gasteiger partial charge in [0.2, 0.25) is 11.4 Å². The molecule has 2 heterocycles. The number of hydrogen-bond donors (Lipinski definition) is 1. The van der Waals surface area contributed by atoms with Gasteiger partial charge in [0.1, 0.15) is 0 Å². The molecule has 2 fully saturated rings. The van der Waals surface area contributed by atoms with Gasteiger partial charge in [-0.15, -0.1) is 6.42 Å². The second-order valence-corrected chi connectivity index (χ2v) is 4.38. The number of amides is 2. The molecule has 6 nitrogen and oxygen atoms in total. The van der Waals surface area contributed by atoms with E-state index < -0.39 is 5.60 Å². The summed E-state index contributed by atoms with van der Waals surface area (Å²) in [6.45, 7) is 1.14. The van der Waals surface area contributed by atoms with Crippen molar-refractivity contribution < 1.29 is 36.5 Å². The third-order valence-electron chi connectivity index (χ3n) is 3.01. The zero-order chi connectivity index (χ0) is 15.9. The third kappa shape index (κ3) is 6.37. The van der Waals surface area contributed by atoms with Gasteiger partial charge in [0.25, 0.3) is 11.8 Å². The molecule has 2 rings (SSSR count). The fourth-order valence-corrected chi connectivity index (χ4v) is 1.68. The summed E-state index contributed by atoms with van der Waals surface area (Å²) < 4.78 is 0. The average Bonchev–Trinajstić information content (AvgIpc) is 2.90. The number of likely N-dealkylation sites (N-methyl/N-ethyl adjacent to an activating group) is 2. The predicted molar refractivity (Wildman–Crippen MR) is 77.2 cm³/mol. The summed E-state index contributed by atoms with van der Waals surface area (Å²) in [6, 6.07) is 0. The first kappa shape index (κ1) is 25.9. The molecule has 2 amide bonds. The second kappa shape index (κ2) is 11.5. The van der Waals surface area contributed by atoms with Crippen molar-refractivity contribution in [2.75, 3.05) is 27.2 Å². The van der Waals surface area contributed by atoms with E-state index in [1.165, 1.54) is 9.80 Å². The molecule has 0 bridgehead atoms. The number of carbonyl (C=O) groups excluding carboxylic acids is 3. The Labute approximate surface area is 157 Å². The van der Waals surface area contributed by atoms with E-state index in [9.17, 15) is 19.5 Å². The van der Waals surface area contributed by atoms with E-state index in [1.807, 2.05) is 0 Å². The zero-order valence-electron chi connectivity index (χ0n) is 12.6. The van der Waals surface area contributed by atoms with Crippen LogP contribution >= 0.6 is 0 Å². The molecule has 1 unspecified atom stereocenters. The Morgan fingerprint density at radius 1 is 1.18 bits per heavy atom. The van der Waals surface area contributed by atoms with Crippen molar-refractivity contribution in [1.29, 1.82) is 0 Å². The molecule has 116 valence electrons. The summed E-state index contributed by atoms with van der Waals surface area (Å²) in [6.07, 6.45) is 14.7. The summed E-state index contributed by atoms with van der Waals surface area (Å²) in [4.78, 5) is 34.7. The summed E-state index contributed by atoms with van der Waals surface area (Å²) in [5, 5.41) is 9.31. The zero-order valence-corrected chi connectivity index (χ0v) is 15.6. The van der Waals surface area contributed by atoms with Crippen molar-refractivity contribution in [3.63, 3.8) is 0 Å². The van der Waals surface area contributed by atoms with E-state index in [2.05, 4.69) is 12.3 Å². The first-order chi connectivity index (χ1) is 9.31. The number of aliphatic hydroxyl groups is 1. The molecule has 22 heavy (non-hydrogen) atoms. The Balaban J connectivity index is -0.000000276. The second-order valence-electron chi connectivity index (χ2n) is 4.38. The van der Waals surface area contributed by atoms with Crippen LogP contribution in [0.25, 0.3) is 0 Å². The molecule has 2 saturated heterocycles. The van der Waals surface area contributed by atoms with Crippen molar-refractivity contribution in [3.05, 3.63) is 6.42 Å². The van der Waals surface area contributed by atoms with Gasteiger partial charge in [-0.05, 0) is 0 Å². The monoisotopic (exact) mass is 380 g/mol. The molecule has 2 aliphatic rings. The topological polar surface area (TPSA) is 77.9 Å². The fourth-order valence-electron chi connectivity index (χ4n) is 1.68. The first-order valence-electron chi connectivity index (χ1n) is 5.84. The van der Waals surface area contributed by atoms with Crippen molar-refractivity contribution in [3.8, 4) is 18.8 Å². The maximum Gasteiger partial charge on any atom is 2.00 e. The number of Topliss-reactive ketones (excluding diaryl/α,β-unsaturated/α-hetero) is 1. The normalized spacial score (nSPS) is 22.3. The standard InChI is InChI=1S/C7H9NO2.C5H7NO2.C2H.BrH.Mg/c1-3-7(10)4-5-8(2)6(7)9;1-6-3-2-4(7)5(6)8;1-2;;/h1,10H,4-5H2,2H3;2-3H2,1H3;1H;1H;/q;;-1;;+2/p-1.